The standard InChI is InChI=1S/C17H19F3N2O3/c18-12-6-2-1-5-11(12)13-14(23)21-9-10-22(13)15(24)17(19,20)16(25)7-3-4-8-16/h1-2,5-6,13,25H,3-4,7-10H2,(H,21,23). The van der Waals surface area contributed by atoms with Gasteiger partial charge in [0, 0.05) is 18.7 Å². The Labute approximate surface area is 142 Å². The predicted molar refractivity (Wildman–Crippen MR) is 82.2 cm³/mol. The molecule has 1 saturated heterocycles. The topological polar surface area (TPSA) is 69.6 Å². The van der Waals surface area contributed by atoms with E-state index in [1.807, 2.05) is 0 Å². The number of benzene rings is 1. The Morgan fingerprint density at radius 2 is 1.92 bits per heavy atom. The molecule has 1 unspecified atom stereocenters. The van der Waals surface area contributed by atoms with Gasteiger partial charge < -0.3 is 15.3 Å². The van der Waals surface area contributed by atoms with E-state index in [4.69, 9.17) is 0 Å². The minimum absolute atomic E-state index is 0.00989. The average molecular weight is 356 g/mol. The number of hydrogen-bond donors (Lipinski definition) is 2. The highest BCUT2D eigenvalue weighted by Gasteiger charge is 2.61. The molecule has 1 aromatic carbocycles. The van der Waals surface area contributed by atoms with Gasteiger partial charge in [-0.2, -0.15) is 8.78 Å². The highest BCUT2D eigenvalue weighted by atomic mass is 19.3. The number of hydrogen-bond acceptors (Lipinski definition) is 3. The molecule has 1 aliphatic carbocycles. The van der Waals surface area contributed by atoms with Crippen LogP contribution in [0.5, 0.6) is 0 Å². The van der Waals surface area contributed by atoms with Crippen molar-refractivity contribution in [3.63, 3.8) is 0 Å². The first-order valence-electron chi connectivity index (χ1n) is 8.21. The zero-order valence-corrected chi connectivity index (χ0v) is 13.5. The van der Waals surface area contributed by atoms with Gasteiger partial charge in [-0.3, -0.25) is 9.59 Å². The molecule has 1 aliphatic heterocycles. The van der Waals surface area contributed by atoms with E-state index < -0.39 is 35.2 Å². The van der Waals surface area contributed by atoms with Crippen LogP contribution in [0.25, 0.3) is 0 Å². The fraction of sp³-hybridized carbons (Fsp3) is 0.529. The quantitative estimate of drug-likeness (QED) is 0.867. The SMILES string of the molecule is O=C1NCCN(C(=O)C(F)(F)C2(O)CCCC2)C1c1ccccc1F. The third-order valence-corrected chi connectivity index (χ3v) is 4.96. The van der Waals surface area contributed by atoms with Gasteiger partial charge in [-0.25, -0.2) is 4.39 Å². The number of carbonyl (C=O) groups excluding carboxylic acids is 2. The van der Waals surface area contributed by atoms with Gasteiger partial charge in [0.15, 0.2) is 0 Å². The van der Waals surface area contributed by atoms with Crippen molar-refractivity contribution >= 4 is 11.8 Å². The van der Waals surface area contributed by atoms with Crippen molar-refractivity contribution in [1.29, 1.82) is 0 Å². The summed E-state index contributed by atoms with van der Waals surface area (Å²) in [5.74, 6) is -7.16. The number of nitrogens with zero attached hydrogens (tertiary/aromatic N) is 1. The van der Waals surface area contributed by atoms with Crippen LogP contribution in [-0.2, 0) is 9.59 Å². The van der Waals surface area contributed by atoms with Crippen LogP contribution in [0.15, 0.2) is 24.3 Å². The van der Waals surface area contributed by atoms with Crippen LogP contribution in [-0.4, -0.2) is 46.4 Å². The lowest BCUT2D eigenvalue weighted by molar-refractivity contribution is -0.203. The smallest absolute Gasteiger partial charge is 0.352 e. The lowest BCUT2D eigenvalue weighted by atomic mass is 9.91. The molecule has 1 saturated carbocycles. The summed E-state index contributed by atoms with van der Waals surface area (Å²) in [5.41, 5.74) is -2.57. The predicted octanol–water partition coefficient (Wildman–Crippen LogP) is 1.77. The Kier molecular flexibility index (Phi) is 4.49. The van der Waals surface area contributed by atoms with Gasteiger partial charge in [0.05, 0.1) is 0 Å². The molecule has 2 aliphatic rings. The van der Waals surface area contributed by atoms with Gasteiger partial charge in [0.1, 0.15) is 17.5 Å². The third kappa shape index (κ3) is 2.88. The number of carbonyl (C=O) groups is 2. The normalized spacial score (nSPS) is 23.4. The molecule has 2 fully saturated rings. The fourth-order valence-corrected chi connectivity index (χ4v) is 3.54. The van der Waals surface area contributed by atoms with Gasteiger partial charge >= 0.3 is 5.92 Å². The Bertz CT molecular complexity index is 689. The molecule has 1 aromatic rings. The summed E-state index contributed by atoms with van der Waals surface area (Å²) in [4.78, 5) is 25.5. The van der Waals surface area contributed by atoms with Crippen molar-refractivity contribution in [3.8, 4) is 0 Å². The monoisotopic (exact) mass is 356 g/mol. The summed E-state index contributed by atoms with van der Waals surface area (Å²) in [7, 11) is 0. The first-order valence-corrected chi connectivity index (χ1v) is 8.21. The molecule has 1 heterocycles. The Hall–Kier alpha value is -2.09. The maximum Gasteiger partial charge on any atom is 0.352 e. The summed E-state index contributed by atoms with van der Waals surface area (Å²) in [5, 5.41) is 12.7. The molecule has 136 valence electrons. The second-order valence-electron chi connectivity index (χ2n) is 6.53. The van der Waals surface area contributed by atoms with Crippen molar-refractivity contribution in [1.82, 2.24) is 10.2 Å². The number of piperazine rings is 1. The van der Waals surface area contributed by atoms with E-state index in [2.05, 4.69) is 5.32 Å². The van der Waals surface area contributed by atoms with Gasteiger partial charge in [0.25, 0.3) is 5.91 Å². The van der Waals surface area contributed by atoms with Gasteiger partial charge in [0.2, 0.25) is 5.91 Å². The summed E-state index contributed by atoms with van der Waals surface area (Å²) >= 11 is 0. The van der Waals surface area contributed by atoms with Crippen LogP contribution in [0.4, 0.5) is 13.2 Å². The summed E-state index contributed by atoms with van der Waals surface area (Å²) in [6.07, 6.45) is 0.430. The molecule has 3 rings (SSSR count). The maximum atomic E-state index is 14.7. The van der Waals surface area contributed by atoms with Gasteiger partial charge in [-0.15, -0.1) is 0 Å². The number of nitrogens with one attached hydrogen (secondary N) is 1. The van der Waals surface area contributed by atoms with Crippen molar-refractivity contribution in [2.24, 2.45) is 0 Å². The lowest BCUT2D eigenvalue weighted by Crippen LogP contribution is -2.61. The van der Waals surface area contributed by atoms with Crippen LogP contribution < -0.4 is 5.32 Å². The minimum Gasteiger partial charge on any atom is -0.383 e. The highest BCUT2D eigenvalue weighted by Crippen LogP contribution is 2.44. The molecule has 5 nitrogen and oxygen atoms in total. The van der Waals surface area contributed by atoms with Crippen LogP contribution >= 0.6 is 0 Å². The molecule has 1 atom stereocenters. The van der Waals surface area contributed by atoms with E-state index in [1.54, 1.807) is 0 Å². The van der Waals surface area contributed by atoms with E-state index in [1.165, 1.54) is 18.2 Å². The largest absolute Gasteiger partial charge is 0.383 e. The molecule has 25 heavy (non-hydrogen) atoms. The molecule has 0 radical (unpaired) electrons. The Morgan fingerprint density at radius 3 is 2.56 bits per heavy atom. The number of alkyl halides is 2. The molecular formula is C17H19F3N2O3. The van der Waals surface area contributed by atoms with Crippen molar-refractivity contribution in [2.45, 2.75) is 43.2 Å². The van der Waals surface area contributed by atoms with Crippen molar-refractivity contribution in [2.75, 3.05) is 13.1 Å². The fourth-order valence-electron chi connectivity index (χ4n) is 3.54. The second-order valence-corrected chi connectivity index (χ2v) is 6.53. The van der Waals surface area contributed by atoms with Gasteiger partial charge in [-0.05, 0) is 18.9 Å². The van der Waals surface area contributed by atoms with Crippen molar-refractivity contribution in [3.05, 3.63) is 35.6 Å². The third-order valence-electron chi connectivity index (χ3n) is 4.96. The number of amides is 2. The van der Waals surface area contributed by atoms with E-state index in [9.17, 15) is 27.9 Å². The molecule has 0 aromatic heterocycles. The Morgan fingerprint density at radius 1 is 1.28 bits per heavy atom. The van der Waals surface area contributed by atoms with E-state index >= 15 is 0 Å². The summed E-state index contributed by atoms with van der Waals surface area (Å²) < 4.78 is 43.6. The van der Waals surface area contributed by atoms with Crippen LogP contribution in [0.2, 0.25) is 0 Å². The Balaban J connectivity index is 1.97. The molecule has 8 heteroatoms. The van der Waals surface area contributed by atoms with Crippen LogP contribution in [0.1, 0.15) is 37.3 Å². The highest BCUT2D eigenvalue weighted by molar-refractivity contribution is 5.93. The van der Waals surface area contributed by atoms with E-state index in [-0.39, 0.29) is 31.5 Å². The van der Waals surface area contributed by atoms with Gasteiger partial charge in [-0.1, -0.05) is 31.0 Å². The molecule has 2 amide bonds. The van der Waals surface area contributed by atoms with Crippen LogP contribution in [0.3, 0.4) is 0 Å². The van der Waals surface area contributed by atoms with E-state index in [0.717, 1.165) is 6.07 Å². The number of aliphatic hydroxyl groups is 1. The first kappa shape index (κ1) is 17.7. The summed E-state index contributed by atoms with van der Waals surface area (Å²) in [6, 6.07) is 3.77. The second kappa shape index (κ2) is 6.33. The van der Waals surface area contributed by atoms with Crippen LogP contribution in [0, 0.1) is 5.82 Å². The zero-order chi connectivity index (χ0) is 18.2. The zero-order valence-electron chi connectivity index (χ0n) is 13.5. The van der Waals surface area contributed by atoms with Crippen molar-refractivity contribution < 1.29 is 27.9 Å². The molecule has 0 bridgehead atoms. The minimum atomic E-state index is -4.04. The average Bonchev–Trinajstić information content (AvgIpc) is 3.03. The molecular weight excluding hydrogens is 337 g/mol. The first-order chi connectivity index (χ1) is 11.8. The lowest BCUT2D eigenvalue weighted by Gasteiger charge is -2.40. The van der Waals surface area contributed by atoms with E-state index in [0.29, 0.717) is 17.7 Å². The molecule has 0 spiro atoms. The summed E-state index contributed by atoms with van der Waals surface area (Å²) in [6.45, 7) is -0.195. The maximum absolute atomic E-state index is 14.7. The molecule has 2 N–H and O–H groups in total. The number of halogens is 3. The number of rotatable bonds is 3.